The number of nitrogens with one attached hydrogen (secondary N) is 2. The van der Waals surface area contributed by atoms with E-state index >= 15 is 0 Å². The third kappa shape index (κ3) is 6.02. The van der Waals surface area contributed by atoms with Gasteiger partial charge in [-0.25, -0.2) is 0 Å². The molecular formula is C18H27N3O2. The first kappa shape index (κ1) is 17.5. The van der Waals surface area contributed by atoms with Crippen LogP contribution in [0.25, 0.3) is 0 Å². The standard InChI is InChI=1S/C18H27N3O2/c1-4-16(14-7-5-13(2)6-8-14)20-18(23)12-21(3)11-17(22)19-15-9-10-15/h5-8,15-16H,4,9-12H2,1-3H3,(H,19,22)(H,20,23)/t16-/m0/s1. The number of hydrogen-bond acceptors (Lipinski definition) is 3. The molecule has 2 N–H and O–H groups in total. The van der Waals surface area contributed by atoms with Gasteiger partial charge in [-0.2, -0.15) is 0 Å². The summed E-state index contributed by atoms with van der Waals surface area (Å²) in [5, 5.41) is 5.98. The summed E-state index contributed by atoms with van der Waals surface area (Å²) in [5.74, 6) is -0.0625. The van der Waals surface area contributed by atoms with Gasteiger partial charge in [0.2, 0.25) is 11.8 Å². The number of aryl methyl sites for hydroxylation is 1. The van der Waals surface area contributed by atoms with Crippen LogP contribution in [0.2, 0.25) is 0 Å². The quantitative estimate of drug-likeness (QED) is 0.768. The van der Waals surface area contributed by atoms with E-state index in [9.17, 15) is 9.59 Å². The summed E-state index contributed by atoms with van der Waals surface area (Å²) < 4.78 is 0. The fraction of sp³-hybridized carbons (Fsp3) is 0.556. The van der Waals surface area contributed by atoms with Crippen LogP contribution in [0.5, 0.6) is 0 Å². The Morgan fingerprint density at radius 1 is 1.17 bits per heavy atom. The van der Waals surface area contributed by atoms with E-state index in [1.165, 1.54) is 5.56 Å². The summed E-state index contributed by atoms with van der Waals surface area (Å²) in [6, 6.07) is 8.58. The van der Waals surface area contributed by atoms with Crippen LogP contribution in [0.4, 0.5) is 0 Å². The van der Waals surface area contributed by atoms with Gasteiger partial charge in [-0.1, -0.05) is 36.8 Å². The molecule has 0 saturated heterocycles. The van der Waals surface area contributed by atoms with Crippen molar-refractivity contribution in [3.05, 3.63) is 35.4 Å². The molecule has 1 saturated carbocycles. The summed E-state index contributed by atoms with van der Waals surface area (Å²) in [4.78, 5) is 25.7. The zero-order valence-electron chi connectivity index (χ0n) is 14.3. The number of nitrogens with zero attached hydrogens (tertiary/aromatic N) is 1. The third-order valence-electron chi connectivity index (χ3n) is 3.99. The van der Waals surface area contributed by atoms with Gasteiger partial charge in [0.1, 0.15) is 0 Å². The van der Waals surface area contributed by atoms with Crippen LogP contribution >= 0.6 is 0 Å². The highest BCUT2D eigenvalue weighted by atomic mass is 16.2. The van der Waals surface area contributed by atoms with Crippen molar-refractivity contribution in [1.29, 1.82) is 0 Å². The lowest BCUT2D eigenvalue weighted by molar-refractivity contribution is -0.125. The van der Waals surface area contributed by atoms with Crippen molar-refractivity contribution in [2.24, 2.45) is 0 Å². The summed E-state index contributed by atoms with van der Waals surface area (Å²) in [6.07, 6.45) is 2.98. The molecule has 23 heavy (non-hydrogen) atoms. The van der Waals surface area contributed by atoms with Crippen LogP contribution in [0, 0.1) is 6.92 Å². The Morgan fingerprint density at radius 3 is 2.35 bits per heavy atom. The van der Waals surface area contributed by atoms with E-state index in [1.807, 2.05) is 6.92 Å². The molecule has 0 aromatic heterocycles. The Bertz CT molecular complexity index is 538. The van der Waals surface area contributed by atoms with Crippen molar-refractivity contribution in [3.63, 3.8) is 0 Å². The second-order valence-electron chi connectivity index (χ2n) is 6.45. The minimum Gasteiger partial charge on any atom is -0.352 e. The second kappa shape index (κ2) is 8.11. The van der Waals surface area contributed by atoms with E-state index in [0.717, 1.165) is 24.8 Å². The summed E-state index contributed by atoms with van der Waals surface area (Å²) in [5.41, 5.74) is 2.32. The Kier molecular flexibility index (Phi) is 6.16. The summed E-state index contributed by atoms with van der Waals surface area (Å²) >= 11 is 0. The van der Waals surface area contributed by atoms with Crippen LogP contribution < -0.4 is 10.6 Å². The van der Waals surface area contributed by atoms with Crippen LogP contribution in [0.3, 0.4) is 0 Å². The molecule has 0 aliphatic heterocycles. The number of amides is 2. The molecule has 5 nitrogen and oxygen atoms in total. The van der Waals surface area contributed by atoms with Crippen LogP contribution in [0.15, 0.2) is 24.3 Å². The molecule has 0 unspecified atom stereocenters. The molecule has 2 rings (SSSR count). The number of carbonyl (C=O) groups is 2. The van der Waals surface area contributed by atoms with Crippen molar-refractivity contribution < 1.29 is 9.59 Å². The van der Waals surface area contributed by atoms with E-state index in [-0.39, 0.29) is 30.9 Å². The smallest absolute Gasteiger partial charge is 0.234 e. The van der Waals surface area contributed by atoms with E-state index in [4.69, 9.17) is 0 Å². The molecule has 0 bridgehead atoms. The molecule has 5 heteroatoms. The lowest BCUT2D eigenvalue weighted by Gasteiger charge is -2.21. The van der Waals surface area contributed by atoms with E-state index < -0.39 is 0 Å². The van der Waals surface area contributed by atoms with Gasteiger partial charge in [-0.3, -0.25) is 14.5 Å². The lowest BCUT2D eigenvalue weighted by atomic mass is 10.0. The number of rotatable bonds is 8. The van der Waals surface area contributed by atoms with E-state index in [1.54, 1.807) is 11.9 Å². The zero-order valence-corrected chi connectivity index (χ0v) is 14.3. The van der Waals surface area contributed by atoms with Crippen molar-refractivity contribution in [2.45, 2.75) is 45.2 Å². The third-order valence-corrected chi connectivity index (χ3v) is 3.99. The maximum Gasteiger partial charge on any atom is 0.234 e. The van der Waals surface area contributed by atoms with E-state index in [0.29, 0.717) is 6.04 Å². The molecule has 0 radical (unpaired) electrons. The predicted octanol–water partition coefficient (Wildman–Crippen LogP) is 1.77. The zero-order chi connectivity index (χ0) is 16.8. The van der Waals surface area contributed by atoms with E-state index in [2.05, 4.69) is 41.8 Å². The highest BCUT2D eigenvalue weighted by molar-refractivity contribution is 5.81. The first-order chi connectivity index (χ1) is 11.0. The van der Waals surface area contributed by atoms with Crippen molar-refractivity contribution in [3.8, 4) is 0 Å². The minimum absolute atomic E-state index is 0.00613. The largest absolute Gasteiger partial charge is 0.352 e. The predicted molar refractivity (Wildman–Crippen MR) is 91.0 cm³/mol. The average molecular weight is 317 g/mol. The molecule has 1 aliphatic carbocycles. The van der Waals surface area contributed by atoms with Gasteiger partial charge in [-0.15, -0.1) is 0 Å². The van der Waals surface area contributed by atoms with Gasteiger partial charge in [0.25, 0.3) is 0 Å². The van der Waals surface area contributed by atoms with Gasteiger partial charge in [0.15, 0.2) is 0 Å². The van der Waals surface area contributed by atoms with Crippen molar-refractivity contribution in [2.75, 3.05) is 20.1 Å². The highest BCUT2D eigenvalue weighted by Crippen LogP contribution is 2.18. The molecular weight excluding hydrogens is 290 g/mol. The minimum atomic E-state index is -0.0563. The van der Waals surface area contributed by atoms with Gasteiger partial charge >= 0.3 is 0 Å². The van der Waals surface area contributed by atoms with Crippen molar-refractivity contribution >= 4 is 11.8 Å². The Labute approximate surface area is 138 Å². The fourth-order valence-electron chi connectivity index (χ4n) is 2.51. The topological polar surface area (TPSA) is 61.4 Å². The number of benzene rings is 1. The summed E-state index contributed by atoms with van der Waals surface area (Å²) in [6.45, 7) is 4.58. The van der Waals surface area contributed by atoms with Crippen molar-refractivity contribution in [1.82, 2.24) is 15.5 Å². The van der Waals surface area contributed by atoms with Crippen LogP contribution in [-0.2, 0) is 9.59 Å². The maximum atomic E-state index is 12.2. The monoisotopic (exact) mass is 317 g/mol. The molecule has 1 aromatic rings. The van der Waals surface area contributed by atoms with Crippen LogP contribution in [-0.4, -0.2) is 42.9 Å². The Morgan fingerprint density at radius 2 is 1.78 bits per heavy atom. The van der Waals surface area contributed by atoms with Crippen LogP contribution in [0.1, 0.15) is 43.4 Å². The average Bonchev–Trinajstić information content (AvgIpc) is 3.29. The fourth-order valence-corrected chi connectivity index (χ4v) is 2.51. The summed E-state index contributed by atoms with van der Waals surface area (Å²) in [7, 11) is 1.79. The second-order valence-corrected chi connectivity index (χ2v) is 6.45. The lowest BCUT2D eigenvalue weighted by Crippen LogP contribution is -2.42. The number of carbonyl (C=O) groups excluding carboxylic acids is 2. The molecule has 1 aliphatic rings. The molecule has 1 atom stereocenters. The molecule has 1 fully saturated rings. The van der Waals surface area contributed by atoms with Gasteiger partial charge in [0.05, 0.1) is 19.1 Å². The SMILES string of the molecule is CC[C@H](NC(=O)CN(C)CC(=O)NC1CC1)c1ccc(C)cc1. The Hall–Kier alpha value is -1.88. The van der Waals surface area contributed by atoms with Gasteiger partial charge in [-0.05, 0) is 38.8 Å². The Balaban J connectivity index is 1.79. The van der Waals surface area contributed by atoms with Gasteiger partial charge in [0, 0.05) is 6.04 Å². The maximum absolute atomic E-state index is 12.2. The number of likely N-dealkylation sites (N-methyl/N-ethyl adjacent to an activating group) is 1. The molecule has 126 valence electrons. The molecule has 0 spiro atoms. The number of hydrogen-bond donors (Lipinski definition) is 2. The normalized spacial score (nSPS) is 15.3. The first-order valence-electron chi connectivity index (χ1n) is 8.31. The molecule has 1 aromatic carbocycles. The molecule has 0 heterocycles. The first-order valence-corrected chi connectivity index (χ1v) is 8.31. The van der Waals surface area contributed by atoms with Gasteiger partial charge < -0.3 is 10.6 Å². The highest BCUT2D eigenvalue weighted by Gasteiger charge is 2.24. The molecule has 2 amide bonds.